The number of hydrogen-bond acceptors (Lipinski definition) is 28. The summed E-state index contributed by atoms with van der Waals surface area (Å²) in [6.07, 6.45) is 0. The third kappa shape index (κ3) is 30.8. The van der Waals surface area contributed by atoms with Gasteiger partial charge in [-0.15, -0.1) is 28.4 Å². The number of rotatable bonds is 50. The molecule has 0 spiro atoms. The summed E-state index contributed by atoms with van der Waals surface area (Å²) in [6, 6.07) is 50.5. The average Bonchev–Trinajstić information content (AvgIpc) is 0.830. The molecule has 132 heavy (non-hydrogen) atoms. The first-order valence-corrected chi connectivity index (χ1v) is 41.7. The van der Waals surface area contributed by atoms with Crippen molar-refractivity contribution in [3.05, 3.63) is 346 Å². The number of ether oxygens (including phenoxy) is 2. The maximum atomic E-state index is 13.5. The first-order valence-electron chi connectivity index (χ1n) is 41.7. The molecule has 0 aliphatic heterocycles. The van der Waals surface area contributed by atoms with Crippen LogP contribution in [0.2, 0.25) is 0 Å². The molecule has 10 rings (SSSR count). The smallest absolute Gasteiger partial charge is 0.283 e. The van der Waals surface area contributed by atoms with Crippen LogP contribution in [-0.2, 0) is 36.8 Å². The molecule has 44 nitrogen and oxygen atoms in total. The molecule has 8 aromatic heterocycles. The maximum Gasteiger partial charge on any atom is 0.283 e. The van der Waals surface area contributed by atoms with E-state index < -0.39 is 80.6 Å². The van der Waals surface area contributed by atoms with Gasteiger partial charge in [-0.2, -0.15) is 0 Å². The van der Waals surface area contributed by atoms with Crippen molar-refractivity contribution in [3.8, 4) is 0 Å². The van der Waals surface area contributed by atoms with E-state index in [0.29, 0.717) is 39.3 Å². The first kappa shape index (κ1) is 100. The molecule has 0 bridgehead atoms. The zero-order valence-electron chi connectivity index (χ0n) is 72.3. The van der Waals surface area contributed by atoms with E-state index in [4.69, 9.17) is 19.1 Å². The van der Waals surface area contributed by atoms with Crippen molar-refractivity contribution in [1.82, 2.24) is 99.7 Å². The van der Waals surface area contributed by atoms with Crippen LogP contribution in [0.25, 0.3) is 0 Å². The number of carbonyl (C=O) groups is 8. The zero-order valence-corrected chi connectivity index (χ0v) is 72.3. The van der Waals surface area contributed by atoms with Gasteiger partial charge < -0.3 is 91.6 Å². The quantitative estimate of drug-likeness (QED) is 0.0136. The number of nitrogens with one attached hydrogen (secondary N) is 8. The Labute approximate surface area is 752 Å². The zero-order chi connectivity index (χ0) is 94.9. The van der Waals surface area contributed by atoms with E-state index in [-0.39, 0.29) is 207 Å². The number of aromatic nitrogens is 8. The van der Waals surface area contributed by atoms with Crippen molar-refractivity contribution in [1.29, 1.82) is 0 Å². The topological polar surface area (TPSA) is 540 Å². The lowest BCUT2D eigenvalue weighted by molar-refractivity contribution is 0.0694. The SMILES string of the molecule is Cn1c(C(=O)NCCN(CCNC(=O)c2cccc(=O)n2C)CCOCCN(CCNC(=O)c2cccc(=O)n2OCc2ccccc2)CCNC(=O)c2cccc(=O)n2OCc2ccccc2)cccc1=O.O=C(NCCN(CCNC(=O)c1cccc(=O)n1O)CCOCCN(CCNC(=O)c1cccc(=O)n1O)CCNC(=O)c1cccc(=O)n1O)c1cccc(=O)n1O. The molecular weight excluding hydrogens is 1720 g/mol. The second kappa shape index (κ2) is 52.0. The second-order valence-electron chi connectivity index (χ2n) is 29.1. The molecule has 0 saturated heterocycles. The van der Waals surface area contributed by atoms with E-state index in [0.717, 1.165) is 44.9 Å². The summed E-state index contributed by atoms with van der Waals surface area (Å²) in [6.45, 7) is 5.34. The highest BCUT2D eigenvalue weighted by molar-refractivity contribution is 5.96. The Hall–Kier alpha value is -15.6. The van der Waals surface area contributed by atoms with Crippen LogP contribution in [0.1, 0.15) is 95.0 Å². The Morgan fingerprint density at radius 1 is 0.242 bits per heavy atom. The molecule has 0 atom stereocenters. The third-order valence-electron chi connectivity index (χ3n) is 20.1. The van der Waals surface area contributed by atoms with Crippen molar-refractivity contribution in [2.24, 2.45) is 14.1 Å². The predicted molar refractivity (Wildman–Crippen MR) is 476 cm³/mol. The van der Waals surface area contributed by atoms with E-state index in [1.807, 2.05) is 80.3 Å². The van der Waals surface area contributed by atoms with Crippen molar-refractivity contribution >= 4 is 47.3 Å². The van der Waals surface area contributed by atoms with Crippen molar-refractivity contribution < 1.29 is 78.3 Å². The van der Waals surface area contributed by atoms with Crippen LogP contribution in [0, 0.1) is 0 Å². The summed E-state index contributed by atoms with van der Waals surface area (Å²) in [7, 11) is 3.03. The lowest BCUT2D eigenvalue weighted by Crippen LogP contribution is -2.43. The summed E-state index contributed by atoms with van der Waals surface area (Å²) < 4.78 is 17.3. The third-order valence-corrected chi connectivity index (χ3v) is 20.1. The molecule has 0 aliphatic rings. The van der Waals surface area contributed by atoms with Gasteiger partial charge in [-0.05, 0) is 59.7 Å². The Bertz CT molecular complexity index is 5580. The van der Waals surface area contributed by atoms with Crippen LogP contribution < -0.4 is 96.7 Å². The van der Waals surface area contributed by atoms with Crippen LogP contribution in [0.15, 0.2) is 245 Å². The Morgan fingerprint density at radius 3 is 0.682 bits per heavy atom. The Morgan fingerprint density at radius 2 is 0.439 bits per heavy atom. The van der Waals surface area contributed by atoms with Gasteiger partial charge in [-0.1, -0.05) is 109 Å². The van der Waals surface area contributed by atoms with Crippen molar-refractivity contribution in [3.63, 3.8) is 0 Å². The maximum absolute atomic E-state index is 13.5. The van der Waals surface area contributed by atoms with E-state index in [1.165, 1.54) is 132 Å². The fourth-order valence-electron chi connectivity index (χ4n) is 12.8. The van der Waals surface area contributed by atoms with E-state index >= 15 is 0 Å². The van der Waals surface area contributed by atoms with Crippen molar-refractivity contribution in [2.45, 2.75) is 13.2 Å². The molecule has 12 N–H and O–H groups in total. The molecule has 2 aromatic carbocycles. The molecule has 700 valence electrons. The van der Waals surface area contributed by atoms with E-state index in [9.17, 15) is 97.5 Å². The van der Waals surface area contributed by atoms with Gasteiger partial charge in [0.15, 0.2) is 0 Å². The van der Waals surface area contributed by atoms with Crippen LogP contribution >= 0.6 is 0 Å². The predicted octanol–water partition coefficient (Wildman–Crippen LogP) is -2.77. The van der Waals surface area contributed by atoms with Crippen molar-refractivity contribution in [2.75, 3.05) is 157 Å². The minimum absolute atomic E-state index is 0.00832. The molecule has 0 unspecified atom stereocenters. The fraction of sp³-hybridized carbons (Fsp3) is 0.318. The number of amides is 8. The van der Waals surface area contributed by atoms with Gasteiger partial charge >= 0.3 is 0 Å². The fourth-order valence-corrected chi connectivity index (χ4v) is 12.8. The molecule has 0 radical (unpaired) electrons. The van der Waals surface area contributed by atoms with Gasteiger partial charge in [-0.3, -0.25) is 96.3 Å². The standard InChI is InChI=1S/C52H60N10O11.C36H44N10O13/c1-57-41(17-9-21-45(57)63)49(67)53-25-29-59(30-26-54-50(68)42-18-10-22-46(64)58(42)2)33-35-71-36-34-60(31-27-55-51(69)43-19-11-23-47(65)61(43)72-37-39-13-5-3-6-14-39)32-28-56-52(70)44-20-12-24-48(66)62(44)73-38-40-15-7-4-8-16-40;47-29-9-1-5-25(43(29)55)33(51)37-13-17-41(18-14-38-34(52)26-6-2-10-30(48)44(26)56)21-23-59-24-22-42(19-15-39-35(53)27-7-3-11-31(49)45(27)57)20-16-40-36(54)28-8-4-12-32(50)46(28)58/h3-24H,25-38H2,1-2H3,(H,53,67)(H,54,68)(H,55,69)(H,56,70);1-12,55-58H,13-24H2,(H,37,51)(H,38,52)(H,39,53)(H,40,54). The lowest BCUT2D eigenvalue weighted by Gasteiger charge is -2.25. The van der Waals surface area contributed by atoms with Gasteiger partial charge in [0.2, 0.25) is 0 Å². The highest BCUT2D eigenvalue weighted by atomic mass is 16.7. The average molecular weight is 1830 g/mol. The van der Waals surface area contributed by atoms with Crippen LogP contribution in [-0.4, -0.2) is 283 Å². The monoisotopic (exact) mass is 1820 g/mol. The van der Waals surface area contributed by atoms with E-state index in [1.54, 1.807) is 12.1 Å². The number of benzene rings is 2. The molecule has 10 aromatic rings. The van der Waals surface area contributed by atoms with Crippen LogP contribution in [0.4, 0.5) is 0 Å². The molecule has 44 heteroatoms. The number of hydrogen-bond donors (Lipinski definition) is 12. The van der Waals surface area contributed by atoms with Gasteiger partial charge in [0, 0.05) is 194 Å². The highest BCUT2D eigenvalue weighted by Crippen LogP contribution is 2.08. The summed E-state index contributed by atoms with van der Waals surface area (Å²) in [4.78, 5) is 219. The Kier molecular flexibility index (Phi) is 39.4. The summed E-state index contributed by atoms with van der Waals surface area (Å²) >= 11 is 0. The first-order chi connectivity index (χ1) is 63.7. The molecular formula is C88H104N20O24. The minimum atomic E-state index is -0.789. The molecule has 0 aliphatic carbocycles. The van der Waals surface area contributed by atoms with E-state index in [2.05, 4.69) is 42.5 Å². The summed E-state index contributed by atoms with van der Waals surface area (Å²) in [5.74, 6) is -4.78. The molecule has 0 fully saturated rings. The summed E-state index contributed by atoms with van der Waals surface area (Å²) in [5, 5.41) is 61.5. The minimum Gasteiger partial charge on any atom is -0.425 e. The molecule has 0 saturated carbocycles. The molecule has 8 heterocycles. The van der Waals surface area contributed by atoms with Gasteiger partial charge in [0.25, 0.3) is 91.7 Å². The van der Waals surface area contributed by atoms with Gasteiger partial charge in [-0.25, -0.2) is 0 Å². The van der Waals surface area contributed by atoms with Gasteiger partial charge in [0.1, 0.15) is 58.8 Å². The second-order valence-corrected chi connectivity index (χ2v) is 29.1. The lowest BCUT2D eigenvalue weighted by atomic mass is 10.2. The van der Waals surface area contributed by atoms with Gasteiger partial charge in [0.05, 0.1) is 26.4 Å². The Balaban J connectivity index is 0.000000304. The largest absolute Gasteiger partial charge is 0.425 e. The number of carbonyl (C=O) groups excluding carboxylic acids is 8. The number of nitrogens with zero attached hydrogens (tertiary/aromatic N) is 12. The van der Waals surface area contributed by atoms with Crippen LogP contribution in [0.3, 0.4) is 0 Å². The molecule has 8 amide bonds. The number of pyridine rings is 8. The summed E-state index contributed by atoms with van der Waals surface area (Å²) in [5.41, 5.74) is -3.88. The highest BCUT2D eigenvalue weighted by Gasteiger charge is 2.23. The normalized spacial score (nSPS) is 11.0. The van der Waals surface area contributed by atoms with Crippen LogP contribution in [0.5, 0.6) is 0 Å².